The van der Waals surface area contributed by atoms with Gasteiger partial charge in [-0.1, -0.05) is 20.8 Å². The Hall–Kier alpha value is -0.120. The molecule has 19 heavy (non-hydrogen) atoms. The van der Waals surface area contributed by atoms with Crippen molar-refractivity contribution in [2.24, 2.45) is 16.7 Å². The summed E-state index contributed by atoms with van der Waals surface area (Å²) in [7, 11) is 4.37. The first-order valence-electron chi connectivity index (χ1n) is 8.00. The molecule has 0 spiro atoms. The van der Waals surface area contributed by atoms with E-state index in [4.69, 9.17) is 0 Å². The van der Waals surface area contributed by atoms with E-state index >= 15 is 0 Å². The second-order valence-corrected chi connectivity index (χ2v) is 8.05. The van der Waals surface area contributed by atoms with Gasteiger partial charge in [0.1, 0.15) is 0 Å². The lowest BCUT2D eigenvalue weighted by Gasteiger charge is -2.47. The van der Waals surface area contributed by atoms with E-state index < -0.39 is 0 Å². The molecule has 0 aromatic rings. The highest BCUT2D eigenvalue weighted by molar-refractivity contribution is 5.21. The minimum atomic E-state index is 0.496. The number of hydrogen-bond donors (Lipinski definition) is 1. The zero-order chi connectivity index (χ0) is 13.8. The van der Waals surface area contributed by atoms with Crippen LogP contribution in [0.2, 0.25) is 0 Å². The van der Waals surface area contributed by atoms with Crippen molar-refractivity contribution >= 4 is 0 Å². The second-order valence-electron chi connectivity index (χ2n) is 8.05. The van der Waals surface area contributed by atoms with Crippen molar-refractivity contribution in [1.82, 2.24) is 15.1 Å². The first-order valence-corrected chi connectivity index (χ1v) is 8.00. The standard InChI is InChI=1S/C16H31N3/c1-15(2)12-6-7-16(15,3)14-13(12)19(9-8-17-14)11-10-18(4)5/h12-14,17H,6-11H2,1-5H3. The molecule has 3 heteroatoms. The Morgan fingerprint density at radius 1 is 1.26 bits per heavy atom. The topological polar surface area (TPSA) is 18.5 Å². The minimum Gasteiger partial charge on any atom is -0.311 e. The number of nitrogens with zero attached hydrogens (tertiary/aromatic N) is 2. The summed E-state index contributed by atoms with van der Waals surface area (Å²) in [5.41, 5.74) is 0.995. The molecule has 4 atom stereocenters. The maximum Gasteiger partial charge on any atom is 0.0289 e. The fourth-order valence-electron chi connectivity index (χ4n) is 5.24. The second kappa shape index (κ2) is 4.44. The average molecular weight is 265 g/mol. The monoisotopic (exact) mass is 265 g/mol. The Kier molecular flexibility index (Phi) is 3.23. The summed E-state index contributed by atoms with van der Waals surface area (Å²) in [5, 5.41) is 3.87. The fraction of sp³-hybridized carbons (Fsp3) is 1.00. The van der Waals surface area contributed by atoms with Crippen molar-refractivity contribution in [2.45, 2.75) is 45.7 Å². The van der Waals surface area contributed by atoms with E-state index in [2.05, 4.69) is 50.0 Å². The van der Waals surface area contributed by atoms with Crippen molar-refractivity contribution in [2.75, 3.05) is 40.3 Å². The van der Waals surface area contributed by atoms with Crippen LogP contribution in [0.5, 0.6) is 0 Å². The van der Waals surface area contributed by atoms with Crippen LogP contribution in [0.4, 0.5) is 0 Å². The summed E-state index contributed by atoms with van der Waals surface area (Å²) in [6, 6.07) is 1.50. The van der Waals surface area contributed by atoms with Gasteiger partial charge >= 0.3 is 0 Å². The third-order valence-corrected chi connectivity index (χ3v) is 6.83. The number of piperazine rings is 1. The van der Waals surface area contributed by atoms with E-state index in [-0.39, 0.29) is 0 Å². The van der Waals surface area contributed by atoms with Gasteiger partial charge in [0, 0.05) is 38.3 Å². The van der Waals surface area contributed by atoms with Gasteiger partial charge < -0.3 is 10.2 Å². The van der Waals surface area contributed by atoms with Crippen LogP contribution in [0, 0.1) is 16.7 Å². The smallest absolute Gasteiger partial charge is 0.0289 e. The van der Waals surface area contributed by atoms with Crippen LogP contribution in [0.3, 0.4) is 0 Å². The van der Waals surface area contributed by atoms with Gasteiger partial charge in [-0.2, -0.15) is 0 Å². The Bertz CT molecular complexity index is 352. The van der Waals surface area contributed by atoms with Crippen LogP contribution in [0.1, 0.15) is 33.6 Å². The highest BCUT2D eigenvalue weighted by Gasteiger charge is 2.67. The van der Waals surface area contributed by atoms with E-state index in [9.17, 15) is 0 Å². The van der Waals surface area contributed by atoms with Gasteiger partial charge in [0.25, 0.3) is 0 Å². The minimum absolute atomic E-state index is 0.496. The normalized spacial score (nSPS) is 44.8. The Labute approximate surface area is 118 Å². The van der Waals surface area contributed by atoms with Crippen LogP contribution in [0.15, 0.2) is 0 Å². The third kappa shape index (κ3) is 1.81. The highest BCUT2D eigenvalue weighted by Crippen LogP contribution is 2.66. The van der Waals surface area contributed by atoms with E-state index in [0.717, 1.165) is 18.0 Å². The summed E-state index contributed by atoms with van der Waals surface area (Å²) < 4.78 is 0. The Morgan fingerprint density at radius 3 is 2.68 bits per heavy atom. The molecule has 1 heterocycles. The predicted molar refractivity (Wildman–Crippen MR) is 80.3 cm³/mol. The quantitative estimate of drug-likeness (QED) is 0.837. The van der Waals surface area contributed by atoms with Crippen LogP contribution < -0.4 is 5.32 Å². The molecule has 1 aliphatic heterocycles. The van der Waals surface area contributed by atoms with Crippen LogP contribution in [-0.2, 0) is 0 Å². The highest BCUT2D eigenvalue weighted by atomic mass is 15.3. The molecule has 3 nitrogen and oxygen atoms in total. The SMILES string of the molecule is CN(C)CCN1CCNC2C1C1CCC2(C)C1(C)C. The third-order valence-electron chi connectivity index (χ3n) is 6.83. The van der Waals surface area contributed by atoms with Crippen molar-refractivity contribution in [3.63, 3.8) is 0 Å². The summed E-state index contributed by atoms with van der Waals surface area (Å²) in [6.07, 6.45) is 2.85. The molecule has 2 saturated carbocycles. The number of likely N-dealkylation sites (N-methyl/N-ethyl adjacent to an activating group) is 1. The van der Waals surface area contributed by atoms with Gasteiger partial charge in [0.2, 0.25) is 0 Å². The lowest BCUT2D eigenvalue weighted by Crippen LogP contribution is -2.63. The van der Waals surface area contributed by atoms with Crippen LogP contribution in [0.25, 0.3) is 0 Å². The van der Waals surface area contributed by atoms with Gasteiger partial charge in [-0.05, 0) is 43.7 Å². The molecule has 2 bridgehead atoms. The zero-order valence-electron chi connectivity index (χ0n) is 13.4. The molecule has 2 aliphatic carbocycles. The molecule has 0 aromatic carbocycles. The summed E-state index contributed by atoms with van der Waals surface area (Å²) >= 11 is 0. The van der Waals surface area contributed by atoms with E-state index in [1.165, 1.54) is 39.0 Å². The number of fused-ring (bicyclic) bond motifs is 5. The fourth-order valence-corrected chi connectivity index (χ4v) is 5.24. The van der Waals surface area contributed by atoms with Crippen molar-refractivity contribution in [1.29, 1.82) is 0 Å². The average Bonchev–Trinajstić information content (AvgIpc) is 2.68. The Morgan fingerprint density at radius 2 is 2.00 bits per heavy atom. The van der Waals surface area contributed by atoms with Crippen molar-refractivity contribution in [3.05, 3.63) is 0 Å². The molecule has 0 amide bonds. The molecule has 3 aliphatic rings. The van der Waals surface area contributed by atoms with Gasteiger partial charge in [0.15, 0.2) is 0 Å². The largest absolute Gasteiger partial charge is 0.311 e. The van der Waals surface area contributed by atoms with Gasteiger partial charge in [-0.15, -0.1) is 0 Å². The molecule has 1 saturated heterocycles. The first-order chi connectivity index (χ1) is 8.88. The summed E-state index contributed by atoms with van der Waals surface area (Å²) in [4.78, 5) is 5.11. The molecule has 0 radical (unpaired) electrons. The molecular formula is C16H31N3. The van der Waals surface area contributed by atoms with Crippen LogP contribution >= 0.6 is 0 Å². The van der Waals surface area contributed by atoms with Gasteiger partial charge in [-0.3, -0.25) is 4.90 Å². The van der Waals surface area contributed by atoms with E-state index in [1.807, 2.05) is 0 Å². The summed E-state index contributed by atoms with van der Waals surface area (Å²) in [5.74, 6) is 0.887. The van der Waals surface area contributed by atoms with Crippen molar-refractivity contribution < 1.29 is 0 Å². The lowest BCUT2D eigenvalue weighted by molar-refractivity contribution is 0.0513. The molecule has 3 rings (SSSR count). The van der Waals surface area contributed by atoms with Gasteiger partial charge in [0.05, 0.1) is 0 Å². The molecular weight excluding hydrogens is 234 g/mol. The number of nitrogens with one attached hydrogen (secondary N) is 1. The Balaban J connectivity index is 1.82. The van der Waals surface area contributed by atoms with Gasteiger partial charge in [-0.25, -0.2) is 0 Å². The maximum absolute atomic E-state index is 3.87. The van der Waals surface area contributed by atoms with E-state index in [1.54, 1.807) is 0 Å². The van der Waals surface area contributed by atoms with Crippen molar-refractivity contribution in [3.8, 4) is 0 Å². The zero-order valence-corrected chi connectivity index (χ0v) is 13.4. The van der Waals surface area contributed by atoms with Crippen LogP contribution in [-0.4, -0.2) is 62.2 Å². The molecule has 3 fully saturated rings. The lowest BCUT2D eigenvalue weighted by atomic mass is 9.69. The molecule has 110 valence electrons. The molecule has 4 unspecified atom stereocenters. The number of hydrogen-bond acceptors (Lipinski definition) is 3. The number of rotatable bonds is 3. The van der Waals surface area contributed by atoms with E-state index in [0.29, 0.717) is 10.8 Å². The predicted octanol–water partition coefficient (Wildman–Crippen LogP) is 1.65. The maximum atomic E-state index is 3.87. The first kappa shape index (κ1) is 13.8. The molecule has 0 aromatic heterocycles. The molecule has 1 N–H and O–H groups in total. The summed E-state index contributed by atoms with van der Waals surface area (Å²) in [6.45, 7) is 12.4.